The SMILES string of the molecule is COc1cc(C(=O)O)c(OC(N)(N)N)c(OC)c1OC. The van der Waals surface area contributed by atoms with Crippen LogP contribution in [0.2, 0.25) is 0 Å². The number of benzene rings is 1. The van der Waals surface area contributed by atoms with Crippen LogP contribution in [-0.4, -0.2) is 38.4 Å². The van der Waals surface area contributed by atoms with Crippen LogP contribution >= 0.6 is 0 Å². The fourth-order valence-electron chi connectivity index (χ4n) is 1.57. The van der Waals surface area contributed by atoms with Gasteiger partial charge in [0.05, 0.1) is 21.3 Å². The molecule has 0 amide bonds. The van der Waals surface area contributed by atoms with E-state index in [1.807, 2.05) is 0 Å². The van der Waals surface area contributed by atoms with Crippen molar-refractivity contribution in [2.45, 2.75) is 5.97 Å². The second kappa shape index (κ2) is 5.82. The summed E-state index contributed by atoms with van der Waals surface area (Å²) >= 11 is 0. The topological polar surface area (TPSA) is 152 Å². The predicted octanol–water partition coefficient (Wildman–Crippen LogP) is -0.723. The third kappa shape index (κ3) is 3.20. The summed E-state index contributed by atoms with van der Waals surface area (Å²) in [4.78, 5) is 11.3. The predicted molar refractivity (Wildman–Crippen MR) is 69.0 cm³/mol. The van der Waals surface area contributed by atoms with Gasteiger partial charge in [-0.2, -0.15) is 0 Å². The first-order valence-corrected chi connectivity index (χ1v) is 5.37. The molecule has 0 atom stereocenters. The molecule has 7 N–H and O–H groups in total. The largest absolute Gasteiger partial charge is 0.493 e. The van der Waals surface area contributed by atoms with Crippen molar-refractivity contribution in [1.29, 1.82) is 0 Å². The first kappa shape index (κ1) is 15.8. The molecule has 9 heteroatoms. The Morgan fingerprint density at radius 2 is 1.60 bits per heavy atom. The molecule has 0 fully saturated rings. The van der Waals surface area contributed by atoms with Crippen LogP contribution in [0.15, 0.2) is 6.07 Å². The number of carboxylic acids is 1. The fourth-order valence-corrected chi connectivity index (χ4v) is 1.57. The summed E-state index contributed by atoms with van der Waals surface area (Å²) in [7, 11) is 3.99. The summed E-state index contributed by atoms with van der Waals surface area (Å²) in [6.45, 7) is 0. The normalized spacial score (nSPS) is 10.9. The summed E-state index contributed by atoms with van der Waals surface area (Å²) in [5, 5.41) is 9.21. The highest BCUT2D eigenvalue weighted by molar-refractivity contribution is 5.93. The van der Waals surface area contributed by atoms with Gasteiger partial charge >= 0.3 is 5.97 Å². The fraction of sp³-hybridized carbons (Fsp3) is 0.364. The number of nitrogens with two attached hydrogens (primary N) is 3. The summed E-state index contributed by atoms with van der Waals surface area (Å²) in [6.07, 6.45) is 0. The number of rotatable bonds is 6. The number of methoxy groups -OCH3 is 3. The average Bonchev–Trinajstić information content (AvgIpc) is 2.35. The molecule has 1 aromatic rings. The molecule has 1 rings (SSSR count). The summed E-state index contributed by atoms with van der Waals surface area (Å²) in [5.41, 5.74) is 15.7. The number of carboxylic acid groups (broad SMARTS) is 1. The van der Waals surface area contributed by atoms with Gasteiger partial charge in [0.1, 0.15) is 5.56 Å². The lowest BCUT2D eigenvalue weighted by atomic mass is 10.1. The van der Waals surface area contributed by atoms with E-state index in [2.05, 4.69) is 0 Å². The van der Waals surface area contributed by atoms with Gasteiger partial charge in [0.2, 0.25) is 11.5 Å². The number of aromatic carboxylic acids is 1. The Hall–Kier alpha value is -2.23. The lowest BCUT2D eigenvalue weighted by molar-refractivity contribution is 0.0647. The van der Waals surface area contributed by atoms with Crippen molar-refractivity contribution in [2.24, 2.45) is 17.2 Å². The van der Waals surface area contributed by atoms with E-state index in [9.17, 15) is 9.90 Å². The van der Waals surface area contributed by atoms with Crippen molar-refractivity contribution in [2.75, 3.05) is 21.3 Å². The van der Waals surface area contributed by atoms with E-state index in [4.69, 9.17) is 36.1 Å². The van der Waals surface area contributed by atoms with E-state index in [1.165, 1.54) is 27.4 Å². The minimum absolute atomic E-state index is 0.0463. The van der Waals surface area contributed by atoms with Gasteiger partial charge < -0.3 is 24.1 Å². The maximum Gasteiger partial charge on any atom is 0.339 e. The van der Waals surface area contributed by atoms with Gasteiger partial charge in [-0.3, -0.25) is 17.2 Å². The zero-order valence-electron chi connectivity index (χ0n) is 11.3. The van der Waals surface area contributed by atoms with Gasteiger partial charge in [0, 0.05) is 6.07 Å². The average molecular weight is 287 g/mol. The van der Waals surface area contributed by atoms with Crippen LogP contribution in [0.5, 0.6) is 23.0 Å². The highest BCUT2D eigenvalue weighted by Gasteiger charge is 2.29. The maximum atomic E-state index is 11.3. The number of hydrogen-bond donors (Lipinski definition) is 4. The van der Waals surface area contributed by atoms with Crippen LogP contribution in [0, 0.1) is 0 Å². The Morgan fingerprint density at radius 1 is 1.05 bits per heavy atom. The standard InChI is InChI=1S/C11H17N3O6/c1-17-6-4-5(10(15)16)7(20-11(12,13)14)9(19-3)8(6)18-2/h4H,12-14H2,1-3H3,(H,15,16). The van der Waals surface area contributed by atoms with Crippen molar-refractivity contribution in [3.8, 4) is 23.0 Å². The van der Waals surface area contributed by atoms with Crippen LogP contribution in [0.4, 0.5) is 0 Å². The Bertz CT molecular complexity index is 512. The summed E-state index contributed by atoms with van der Waals surface area (Å²) in [6, 6.07) is 1.19. The van der Waals surface area contributed by atoms with Gasteiger partial charge in [0.15, 0.2) is 11.5 Å². The highest BCUT2D eigenvalue weighted by atomic mass is 16.6. The zero-order chi connectivity index (χ0) is 15.5. The van der Waals surface area contributed by atoms with Crippen molar-refractivity contribution < 1.29 is 28.8 Å². The molecular formula is C11H17N3O6. The van der Waals surface area contributed by atoms with Crippen molar-refractivity contribution in [3.63, 3.8) is 0 Å². The molecule has 0 unspecified atom stereocenters. The van der Waals surface area contributed by atoms with Crippen molar-refractivity contribution >= 4 is 5.97 Å². The highest BCUT2D eigenvalue weighted by Crippen LogP contribution is 2.46. The minimum atomic E-state index is -2.09. The Balaban J connectivity index is 3.62. The molecule has 0 bridgehead atoms. The van der Waals surface area contributed by atoms with Gasteiger partial charge in [-0.15, -0.1) is 0 Å². The minimum Gasteiger partial charge on any atom is -0.493 e. The molecule has 0 aliphatic heterocycles. The van der Waals surface area contributed by atoms with E-state index in [1.54, 1.807) is 0 Å². The monoisotopic (exact) mass is 287 g/mol. The molecule has 112 valence electrons. The van der Waals surface area contributed by atoms with E-state index in [0.717, 1.165) is 0 Å². The maximum absolute atomic E-state index is 11.3. The second-order valence-electron chi connectivity index (χ2n) is 3.78. The summed E-state index contributed by atoms with van der Waals surface area (Å²) < 4.78 is 20.3. The molecule has 0 aliphatic carbocycles. The molecule has 0 spiro atoms. The van der Waals surface area contributed by atoms with Crippen molar-refractivity contribution in [1.82, 2.24) is 0 Å². The third-order valence-corrected chi connectivity index (χ3v) is 2.29. The molecule has 0 aromatic heterocycles. The van der Waals surface area contributed by atoms with Crippen LogP contribution < -0.4 is 36.1 Å². The second-order valence-corrected chi connectivity index (χ2v) is 3.78. The van der Waals surface area contributed by atoms with Crippen molar-refractivity contribution in [3.05, 3.63) is 11.6 Å². The molecular weight excluding hydrogens is 270 g/mol. The molecule has 9 nitrogen and oxygen atoms in total. The van der Waals surface area contributed by atoms with Gasteiger partial charge in [-0.05, 0) is 0 Å². The molecule has 1 aromatic carbocycles. The molecule has 0 aliphatic rings. The van der Waals surface area contributed by atoms with E-state index < -0.39 is 11.9 Å². The lowest BCUT2D eigenvalue weighted by Crippen LogP contribution is -2.62. The molecule has 0 saturated carbocycles. The third-order valence-electron chi connectivity index (χ3n) is 2.29. The molecule has 0 radical (unpaired) electrons. The molecule has 0 saturated heterocycles. The number of hydrogen-bond acceptors (Lipinski definition) is 8. The van der Waals surface area contributed by atoms with Gasteiger partial charge in [0.25, 0.3) is 5.97 Å². The Labute approximate surface area is 115 Å². The van der Waals surface area contributed by atoms with Gasteiger partial charge in [-0.1, -0.05) is 0 Å². The smallest absolute Gasteiger partial charge is 0.339 e. The van der Waals surface area contributed by atoms with E-state index >= 15 is 0 Å². The summed E-state index contributed by atoms with van der Waals surface area (Å²) in [5.74, 6) is -3.43. The van der Waals surface area contributed by atoms with Gasteiger partial charge in [-0.25, -0.2) is 4.79 Å². The van der Waals surface area contributed by atoms with Crippen LogP contribution in [-0.2, 0) is 0 Å². The quantitative estimate of drug-likeness (QED) is 0.496. The first-order valence-electron chi connectivity index (χ1n) is 5.37. The van der Waals surface area contributed by atoms with Crippen LogP contribution in [0.1, 0.15) is 10.4 Å². The zero-order valence-corrected chi connectivity index (χ0v) is 11.3. The van der Waals surface area contributed by atoms with Crippen LogP contribution in [0.25, 0.3) is 0 Å². The Kier molecular flexibility index (Phi) is 4.61. The molecule has 0 heterocycles. The number of carbonyl (C=O) groups is 1. The first-order chi connectivity index (χ1) is 9.25. The lowest BCUT2D eigenvalue weighted by Gasteiger charge is -2.24. The van der Waals surface area contributed by atoms with E-state index in [-0.39, 0.29) is 28.6 Å². The van der Waals surface area contributed by atoms with Crippen LogP contribution in [0.3, 0.4) is 0 Å². The Morgan fingerprint density at radius 3 is 1.95 bits per heavy atom. The molecule has 20 heavy (non-hydrogen) atoms. The number of ether oxygens (including phenoxy) is 4. The van der Waals surface area contributed by atoms with E-state index in [0.29, 0.717) is 0 Å².